The van der Waals surface area contributed by atoms with Crippen LogP contribution in [0.5, 0.6) is 17.2 Å². The molecule has 0 fully saturated rings. The number of nitrogens with two attached hydrogens (primary N) is 2. The second-order valence-corrected chi connectivity index (χ2v) is 6.62. The first kappa shape index (κ1) is 16.5. The number of sulfonamides is 2. The van der Waals surface area contributed by atoms with Gasteiger partial charge < -0.3 is 14.2 Å². The van der Waals surface area contributed by atoms with Crippen molar-refractivity contribution in [2.45, 2.75) is 9.79 Å². The Balaban J connectivity index is 4.01. The summed E-state index contributed by atoms with van der Waals surface area (Å²) in [4.78, 5) is -1.16. The molecule has 20 heavy (non-hydrogen) atoms. The van der Waals surface area contributed by atoms with Crippen molar-refractivity contribution in [3.63, 3.8) is 0 Å². The third-order valence-electron chi connectivity index (χ3n) is 2.35. The summed E-state index contributed by atoms with van der Waals surface area (Å²) in [5.41, 5.74) is 0. The molecule has 0 spiro atoms. The Hall–Kier alpha value is -1.56. The molecule has 114 valence electrons. The molecular weight excluding hydrogens is 312 g/mol. The van der Waals surface area contributed by atoms with E-state index in [0.29, 0.717) is 0 Å². The fourth-order valence-corrected chi connectivity index (χ4v) is 3.08. The standard InChI is InChI=1S/C9H14N2O7S2/c1-16-7-5(19(10,12)13)4-6(20(11,14)15)8(17-2)9(7)18-3/h4H,1-3H3,(H2,10,12,13)(H2,11,14,15). The third-order valence-corrected chi connectivity index (χ3v) is 4.18. The maximum atomic E-state index is 11.5. The molecule has 4 N–H and O–H groups in total. The smallest absolute Gasteiger partial charge is 0.241 e. The second kappa shape index (κ2) is 5.44. The summed E-state index contributed by atoms with van der Waals surface area (Å²) in [6.45, 7) is 0. The van der Waals surface area contributed by atoms with Crippen molar-refractivity contribution >= 4 is 20.0 Å². The van der Waals surface area contributed by atoms with E-state index >= 15 is 0 Å². The van der Waals surface area contributed by atoms with Crippen molar-refractivity contribution in [2.24, 2.45) is 10.3 Å². The van der Waals surface area contributed by atoms with Crippen LogP contribution < -0.4 is 24.5 Å². The van der Waals surface area contributed by atoms with Crippen molar-refractivity contribution in [1.29, 1.82) is 0 Å². The molecule has 0 heterocycles. The van der Waals surface area contributed by atoms with Crippen molar-refractivity contribution in [2.75, 3.05) is 21.3 Å². The zero-order valence-electron chi connectivity index (χ0n) is 10.9. The lowest BCUT2D eigenvalue weighted by atomic mass is 10.3. The molecule has 0 saturated heterocycles. The van der Waals surface area contributed by atoms with E-state index in [1.54, 1.807) is 0 Å². The minimum atomic E-state index is -4.27. The number of primary sulfonamides is 2. The first-order chi connectivity index (χ1) is 9.07. The highest BCUT2D eigenvalue weighted by Crippen LogP contribution is 2.45. The summed E-state index contributed by atoms with van der Waals surface area (Å²) >= 11 is 0. The maximum Gasteiger partial charge on any atom is 0.241 e. The van der Waals surface area contributed by atoms with Gasteiger partial charge in [0.05, 0.1) is 21.3 Å². The highest BCUT2D eigenvalue weighted by molar-refractivity contribution is 7.90. The lowest BCUT2D eigenvalue weighted by Gasteiger charge is -2.17. The summed E-state index contributed by atoms with van der Waals surface area (Å²) < 4.78 is 60.8. The molecule has 0 amide bonds. The van der Waals surface area contributed by atoms with Gasteiger partial charge >= 0.3 is 0 Å². The van der Waals surface area contributed by atoms with E-state index < -0.39 is 29.8 Å². The van der Waals surface area contributed by atoms with Crippen LogP contribution in [0.3, 0.4) is 0 Å². The predicted octanol–water partition coefficient (Wildman–Crippen LogP) is -0.993. The molecule has 0 atom stereocenters. The fraction of sp³-hybridized carbons (Fsp3) is 0.333. The average Bonchev–Trinajstić information content (AvgIpc) is 2.33. The van der Waals surface area contributed by atoms with Crippen molar-refractivity contribution in [1.82, 2.24) is 0 Å². The van der Waals surface area contributed by atoms with Crippen molar-refractivity contribution in [3.05, 3.63) is 6.07 Å². The average molecular weight is 326 g/mol. The lowest BCUT2D eigenvalue weighted by Crippen LogP contribution is -2.18. The molecule has 0 aromatic heterocycles. The van der Waals surface area contributed by atoms with Gasteiger partial charge in [0.15, 0.2) is 11.5 Å². The van der Waals surface area contributed by atoms with Gasteiger partial charge in [-0.1, -0.05) is 0 Å². The van der Waals surface area contributed by atoms with Crippen LogP contribution >= 0.6 is 0 Å². The van der Waals surface area contributed by atoms with Gasteiger partial charge in [-0.15, -0.1) is 0 Å². The van der Waals surface area contributed by atoms with Gasteiger partial charge in [0, 0.05) is 0 Å². The van der Waals surface area contributed by atoms with E-state index in [2.05, 4.69) is 0 Å². The fourth-order valence-electron chi connectivity index (χ4n) is 1.57. The number of ether oxygens (including phenoxy) is 3. The van der Waals surface area contributed by atoms with Gasteiger partial charge in [-0.2, -0.15) is 0 Å². The molecule has 0 saturated carbocycles. The number of methoxy groups -OCH3 is 3. The topological polar surface area (TPSA) is 148 Å². The largest absolute Gasteiger partial charge is 0.491 e. The van der Waals surface area contributed by atoms with E-state index in [4.69, 9.17) is 24.5 Å². The Labute approximate surface area is 116 Å². The molecule has 1 aromatic rings. The van der Waals surface area contributed by atoms with Gasteiger partial charge in [-0.25, -0.2) is 27.1 Å². The zero-order chi connectivity index (χ0) is 15.7. The van der Waals surface area contributed by atoms with Crippen LogP contribution in [0.25, 0.3) is 0 Å². The lowest BCUT2D eigenvalue weighted by molar-refractivity contribution is 0.313. The Kier molecular flexibility index (Phi) is 4.49. The van der Waals surface area contributed by atoms with Crippen molar-refractivity contribution < 1.29 is 31.0 Å². The molecule has 9 nitrogen and oxygen atoms in total. The van der Waals surface area contributed by atoms with E-state index in [1.165, 1.54) is 21.3 Å². The molecular formula is C9H14N2O7S2. The summed E-state index contributed by atoms with van der Waals surface area (Å²) in [6.07, 6.45) is 0. The monoisotopic (exact) mass is 326 g/mol. The third kappa shape index (κ3) is 2.95. The summed E-state index contributed by atoms with van der Waals surface area (Å²) in [7, 11) is -5.01. The zero-order valence-corrected chi connectivity index (χ0v) is 12.5. The minimum Gasteiger partial charge on any atom is -0.491 e. The van der Waals surface area contributed by atoms with Crippen LogP contribution in [-0.2, 0) is 20.0 Å². The van der Waals surface area contributed by atoms with Gasteiger partial charge in [-0.3, -0.25) is 0 Å². The predicted molar refractivity (Wildman–Crippen MR) is 68.8 cm³/mol. The summed E-state index contributed by atoms with van der Waals surface area (Å²) in [6, 6.07) is 0.755. The first-order valence-corrected chi connectivity index (χ1v) is 8.05. The van der Waals surface area contributed by atoms with E-state index in [9.17, 15) is 16.8 Å². The van der Waals surface area contributed by atoms with Crippen LogP contribution in [0, 0.1) is 0 Å². The number of benzene rings is 1. The second-order valence-electron chi connectivity index (χ2n) is 3.56. The van der Waals surface area contributed by atoms with Crippen LogP contribution in [0.4, 0.5) is 0 Å². The SMILES string of the molecule is COc1c(S(N)(=O)=O)cc(S(N)(=O)=O)c(OC)c1OC. The Morgan fingerprint density at radius 2 is 1.05 bits per heavy atom. The van der Waals surface area contributed by atoms with Gasteiger partial charge in [-0.05, 0) is 6.07 Å². The molecule has 0 aliphatic carbocycles. The van der Waals surface area contributed by atoms with Gasteiger partial charge in [0.25, 0.3) is 0 Å². The number of hydrogen-bond donors (Lipinski definition) is 2. The van der Waals surface area contributed by atoms with Gasteiger partial charge in [0.1, 0.15) is 9.79 Å². The molecule has 0 radical (unpaired) electrons. The summed E-state index contributed by atoms with van der Waals surface area (Å²) in [5, 5.41) is 10.0. The van der Waals surface area contributed by atoms with E-state index in [0.717, 1.165) is 6.07 Å². The minimum absolute atomic E-state index is 0.245. The van der Waals surface area contributed by atoms with Crippen LogP contribution in [0.1, 0.15) is 0 Å². The molecule has 0 aliphatic rings. The molecule has 0 aliphatic heterocycles. The quantitative estimate of drug-likeness (QED) is 0.705. The van der Waals surface area contributed by atoms with E-state index in [-0.39, 0.29) is 17.2 Å². The normalized spacial score (nSPS) is 12.1. The van der Waals surface area contributed by atoms with Crippen LogP contribution in [0.15, 0.2) is 15.9 Å². The molecule has 0 unspecified atom stereocenters. The highest BCUT2D eigenvalue weighted by Gasteiger charge is 2.30. The Bertz CT molecular complexity index is 667. The Morgan fingerprint density at radius 3 is 1.25 bits per heavy atom. The molecule has 0 bridgehead atoms. The van der Waals surface area contributed by atoms with Crippen LogP contribution in [-0.4, -0.2) is 38.2 Å². The van der Waals surface area contributed by atoms with Crippen molar-refractivity contribution in [3.8, 4) is 17.2 Å². The molecule has 1 rings (SSSR count). The summed E-state index contributed by atoms with van der Waals surface area (Å²) in [5.74, 6) is -0.802. The maximum absolute atomic E-state index is 11.5. The number of rotatable bonds is 5. The Morgan fingerprint density at radius 1 is 0.750 bits per heavy atom. The van der Waals surface area contributed by atoms with E-state index in [1.807, 2.05) is 0 Å². The van der Waals surface area contributed by atoms with Gasteiger partial charge in [0.2, 0.25) is 25.8 Å². The first-order valence-electron chi connectivity index (χ1n) is 4.96. The molecule has 11 heteroatoms. The molecule has 1 aromatic carbocycles. The highest BCUT2D eigenvalue weighted by atomic mass is 32.2. The number of hydrogen-bond acceptors (Lipinski definition) is 7. The van der Waals surface area contributed by atoms with Crippen LogP contribution in [0.2, 0.25) is 0 Å².